The van der Waals surface area contributed by atoms with E-state index in [1.54, 1.807) is 7.11 Å². The molecule has 0 fully saturated rings. The number of carbonyl (C=O) groups excluding carboxylic acids is 1. The first-order chi connectivity index (χ1) is 14.7. The normalized spacial score (nSPS) is 11.9. The first-order valence-electron chi connectivity index (χ1n) is 10.1. The zero-order chi connectivity index (χ0) is 20.8. The van der Waals surface area contributed by atoms with Gasteiger partial charge in [0, 0.05) is 40.8 Å². The van der Waals surface area contributed by atoms with Crippen molar-refractivity contribution in [2.24, 2.45) is 0 Å². The number of benzene rings is 3. The van der Waals surface area contributed by atoms with E-state index in [4.69, 9.17) is 4.74 Å². The SMILES string of the molecule is COc1cccc(NC(=O)[C@@H]([NH2+]CCc2c[nH]c3ccccc23)c2ccccc2)c1. The molecule has 0 radical (unpaired) electrons. The van der Waals surface area contributed by atoms with Gasteiger partial charge in [0.2, 0.25) is 0 Å². The minimum absolute atomic E-state index is 0.0478. The van der Waals surface area contributed by atoms with E-state index >= 15 is 0 Å². The van der Waals surface area contributed by atoms with Crippen molar-refractivity contribution in [3.63, 3.8) is 0 Å². The van der Waals surface area contributed by atoms with Gasteiger partial charge in [-0.05, 0) is 23.8 Å². The standard InChI is InChI=1S/C25H25N3O2/c1-30-21-11-7-10-20(16-21)28-25(29)24(18-8-3-2-4-9-18)26-15-14-19-17-27-23-13-6-5-12-22(19)23/h2-13,16-17,24,26-27H,14-15H2,1H3,(H,28,29)/p+1/t24-/m0/s1. The maximum atomic E-state index is 13.1. The lowest BCUT2D eigenvalue weighted by molar-refractivity contribution is -0.682. The number of amides is 1. The minimum Gasteiger partial charge on any atom is -0.497 e. The molecule has 0 saturated carbocycles. The highest BCUT2D eigenvalue weighted by atomic mass is 16.5. The third kappa shape index (κ3) is 4.53. The first-order valence-corrected chi connectivity index (χ1v) is 10.1. The summed E-state index contributed by atoms with van der Waals surface area (Å²) in [5, 5.41) is 6.37. The van der Waals surface area contributed by atoms with Gasteiger partial charge in [-0.1, -0.05) is 54.6 Å². The molecular weight excluding hydrogens is 374 g/mol. The van der Waals surface area contributed by atoms with E-state index in [-0.39, 0.29) is 11.9 Å². The van der Waals surface area contributed by atoms with E-state index in [0.717, 1.165) is 29.7 Å². The number of para-hydroxylation sites is 1. The molecule has 0 aliphatic rings. The summed E-state index contributed by atoms with van der Waals surface area (Å²) < 4.78 is 5.26. The summed E-state index contributed by atoms with van der Waals surface area (Å²) in [6.07, 6.45) is 2.94. The van der Waals surface area contributed by atoms with Gasteiger partial charge in [0.1, 0.15) is 5.75 Å². The Balaban J connectivity index is 1.47. The molecule has 0 bridgehead atoms. The fraction of sp³-hybridized carbons (Fsp3) is 0.160. The first kappa shape index (κ1) is 19.7. The maximum Gasteiger partial charge on any atom is 0.287 e. The fourth-order valence-corrected chi connectivity index (χ4v) is 3.72. The van der Waals surface area contributed by atoms with E-state index in [1.807, 2.05) is 60.7 Å². The largest absolute Gasteiger partial charge is 0.497 e. The number of hydrogen-bond acceptors (Lipinski definition) is 2. The Kier molecular flexibility index (Phi) is 6.11. The van der Waals surface area contributed by atoms with E-state index in [9.17, 15) is 4.79 Å². The number of nitrogens with one attached hydrogen (secondary N) is 2. The Bertz CT molecular complexity index is 1120. The van der Waals surface area contributed by atoms with Crippen LogP contribution in [0.15, 0.2) is 85.1 Å². The van der Waals surface area contributed by atoms with Crippen LogP contribution < -0.4 is 15.4 Å². The lowest BCUT2D eigenvalue weighted by Gasteiger charge is -2.16. The van der Waals surface area contributed by atoms with Gasteiger partial charge in [0.05, 0.1) is 13.7 Å². The molecule has 3 aromatic carbocycles. The summed E-state index contributed by atoms with van der Waals surface area (Å²) in [7, 11) is 1.62. The highest BCUT2D eigenvalue weighted by Crippen LogP contribution is 2.19. The lowest BCUT2D eigenvalue weighted by Crippen LogP contribution is -2.87. The highest BCUT2D eigenvalue weighted by molar-refractivity contribution is 5.94. The predicted molar refractivity (Wildman–Crippen MR) is 120 cm³/mol. The minimum atomic E-state index is -0.331. The molecule has 1 heterocycles. The number of rotatable bonds is 8. The molecule has 0 aliphatic heterocycles. The van der Waals surface area contributed by atoms with Crippen LogP contribution in [0.5, 0.6) is 5.75 Å². The molecule has 0 spiro atoms. The van der Waals surface area contributed by atoms with Crippen LogP contribution in [0.1, 0.15) is 17.2 Å². The number of quaternary nitrogens is 1. The van der Waals surface area contributed by atoms with Crippen LogP contribution in [-0.4, -0.2) is 24.5 Å². The summed E-state index contributed by atoms with van der Waals surface area (Å²) in [5.41, 5.74) is 4.12. The average molecular weight is 401 g/mol. The molecule has 5 heteroatoms. The van der Waals surface area contributed by atoms with Crippen LogP contribution in [0, 0.1) is 0 Å². The molecule has 1 amide bonds. The van der Waals surface area contributed by atoms with E-state index in [2.05, 4.69) is 40.0 Å². The number of aromatic amines is 1. The number of H-pyrrole nitrogens is 1. The van der Waals surface area contributed by atoms with Gasteiger partial charge in [0.15, 0.2) is 6.04 Å². The van der Waals surface area contributed by atoms with Gasteiger partial charge in [0.25, 0.3) is 5.91 Å². The van der Waals surface area contributed by atoms with Crippen molar-refractivity contribution >= 4 is 22.5 Å². The summed E-state index contributed by atoms with van der Waals surface area (Å²) in [6, 6.07) is 25.3. The number of nitrogens with two attached hydrogens (primary N) is 1. The molecular formula is C25H26N3O2+. The van der Waals surface area contributed by atoms with Crippen LogP contribution >= 0.6 is 0 Å². The van der Waals surface area contributed by atoms with Gasteiger partial charge in [-0.3, -0.25) is 4.79 Å². The predicted octanol–water partition coefficient (Wildman–Crippen LogP) is 3.66. The molecule has 0 aliphatic carbocycles. The molecule has 30 heavy (non-hydrogen) atoms. The number of aromatic nitrogens is 1. The van der Waals surface area contributed by atoms with Gasteiger partial charge >= 0.3 is 0 Å². The van der Waals surface area contributed by atoms with Crippen molar-refractivity contribution in [1.29, 1.82) is 0 Å². The number of hydrogen-bond donors (Lipinski definition) is 3. The zero-order valence-corrected chi connectivity index (χ0v) is 17.0. The summed E-state index contributed by atoms with van der Waals surface area (Å²) in [6.45, 7) is 0.799. The molecule has 4 N–H and O–H groups in total. The number of ether oxygens (including phenoxy) is 1. The summed E-state index contributed by atoms with van der Waals surface area (Å²) in [5.74, 6) is 0.667. The average Bonchev–Trinajstić information content (AvgIpc) is 3.20. The molecule has 5 nitrogen and oxygen atoms in total. The molecule has 0 unspecified atom stereocenters. The topological polar surface area (TPSA) is 70.7 Å². The van der Waals surface area contributed by atoms with Gasteiger partial charge in [-0.2, -0.15) is 0 Å². The molecule has 152 valence electrons. The van der Waals surface area contributed by atoms with Crippen LogP contribution in [-0.2, 0) is 11.2 Å². The second kappa shape index (κ2) is 9.29. The van der Waals surface area contributed by atoms with Crippen LogP contribution in [0.2, 0.25) is 0 Å². The Morgan fingerprint density at radius 2 is 1.83 bits per heavy atom. The van der Waals surface area contributed by atoms with E-state index in [0.29, 0.717) is 5.75 Å². The molecule has 4 aromatic rings. The zero-order valence-electron chi connectivity index (χ0n) is 17.0. The molecule has 4 rings (SSSR count). The number of fused-ring (bicyclic) bond motifs is 1. The third-order valence-electron chi connectivity index (χ3n) is 5.27. The summed E-state index contributed by atoms with van der Waals surface area (Å²) >= 11 is 0. The van der Waals surface area contributed by atoms with E-state index < -0.39 is 0 Å². The monoisotopic (exact) mass is 400 g/mol. The van der Waals surface area contributed by atoms with Crippen molar-refractivity contribution in [3.8, 4) is 5.75 Å². The Hall–Kier alpha value is -3.57. The Labute approximate surface area is 176 Å². The second-order valence-electron chi connectivity index (χ2n) is 7.24. The Morgan fingerprint density at radius 1 is 1.03 bits per heavy atom. The number of anilines is 1. The number of methoxy groups -OCH3 is 1. The van der Waals surface area contributed by atoms with Gasteiger partial charge in [-0.25, -0.2) is 0 Å². The van der Waals surface area contributed by atoms with Crippen LogP contribution in [0.3, 0.4) is 0 Å². The van der Waals surface area contributed by atoms with Crippen molar-refractivity contribution < 1.29 is 14.8 Å². The van der Waals surface area contributed by atoms with Crippen LogP contribution in [0.25, 0.3) is 10.9 Å². The highest BCUT2D eigenvalue weighted by Gasteiger charge is 2.24. The lowest BCUT2D eigenvalue weighted by atomic mass is 10.0. The molecule has 1 aromatic heterocycles. The smallest absolute Gasteiger partial charge is 0.287 e. The second-order valence-corrected chi connectivity index (χ2v) is 7.24. The third-order valence-corrected chi connectivity index (χ3v) is 5.27. The van der Waals surface area contributed by atoms with Crippen LogP contribution in [0.4, 0.5) is 5.69 Å². The van der Waals surface area contributed by atoms with E-state index in [1.165, 1.54) is 10.9 Å². The quantitative estimate of drug-likeness (QED) is 0.422. The molecule has 1 atom stereocenters. The molecule has 0 saturated heterocycles. The Morgan fingerprint density at radius 3 is 2.67 bits per heavy atom. The van der Waals surface area contributed by atoms with Gasteiger partial charge < -0.3 is 20.4 Å². The van der Waals surface area contributed by atoms with Crippen molar-refractivity contribution in [2.45, 2.75) is 12.5 Å². The fourth-order valence-electron chi connectivity index (χ4n) is 3.72. The number of carbonyl (C=O) groups is 1. The maximum absolute atomic E-state index is 13.1. The van der Waals surface area contributed by atoms with Gasteiger partial charge in [-0.15, -0.1) is 0 Å². The van der Waals surface area contributed by atoms with Crippen molar-refractivity contribution in [2.75, 3.05) is 19.0 Å². The summed E-state index contributed by atoms with van der Waals surface area (Å²) in [4.78, 5) is 16.4. The van der Waals surface area contributed by atoms with Crippen molar-refractivity contribution in [1.82, 2.24) is 4.98 Å². The van der Waals surface area contributed by atoms with Crippen molar-refractivity contribution in [3.05, 3.63) is 96.2 Å².